The molecule has 110 valence electrons. The van der Waals surface area contributed by atoms with Crippen molar-refractivity contribution >= 4 is 27.7 Å². The second kappa shape index (κ2) is 5.64. The highest BCUT2D eigenvalue weighted by Crippen LogP contribution is 2.26. The number of anilines is 1. The van der Waals surface area contributed by atoms with E-state index >= 15 is 0 Å². The molecule has 1 saturated heterocycles. The number of likely N-dealkylation sites (tertiary alicyclic amines) is 1. The molecular formula is C15H21BrN2O2. The van der Waals surface area contributed by atoms with Crippen molar-refractivity contribution < 1.29 is 9.53 Å². The summed E-state index contributed by atoms with van der Waals surface area (Å²) in [5, 5.41) is 3.46. The van der Waals surface area contributed by atoms with Crippen LogP contribution in [0.5, 0.6) is 0 Å². The van der Waals surface area contributed by atoms with E-state index in [9.17, 15) is 4.79 Å². The number of carbonyl (C=O) groups excluding carboxylic acids is 1. The lowest BCUT2D eigenvalue weighted by Crippen LogP contribution is -2.58. The van der Waals surface area contributed by atoms with Gasteiger partial charge in [0.05, 0.1) is 6.04 Å². The van der Waals surface area contributed by atoms with Crippen molar-refractivity contribution in [3.05, 3.63) is 28.2 Å². The highest BCUT2D eigenvalue weighted by atomic mass is 79.9. The molecule has 0 unspecified atom stereocenters. The zero-order chi connectivity index (χ0) is 14.9. The summed E-state index contributed by atoms with van der Waals surface area (Å²) in [6.07, 6.45) is -0.235. The van der Waals surface area contributed by atoms with Crippen LogP contribution in [0.15, 0.2) is 22.7 Å². The maximum atomic E-state index is 11.8. The Labute approximate surface area is 128 Å². The lowest BCUT2D eigenvalue weighted by molar-refractivity contribution is 0.0105. The Balaban J connectivity index is 1.85. The summed E-state index contributed by atoms with van der Waals surface area (Å²) in [7, 11) is 0. The third-order valence-corrected chi connectivity index (χ3v) is 4.02. The molecule has 20 heavy (non-hydrogen) atoms. The van der Waals surface area contributed by atoms with Gasteiger partial charge in [0.15, 0.2) is 0 Å². The molecule has 0 atom stereocenters. The molecule has 4 nitrogen and oxygen atoms in total. The minimum absolute atomic E-state index is 0.235. The van der Waals surface area contributed by atoms with Crippen LogP contribution in [0.25, 0.3) is 0 Å². The lowest BCUT2D eigenvalue weighted by Gasteiger charge is -2.40. The van der Waals surface area contributed by atoms with Gasteiger partial charge in [-0.3, -0.25) is 0 Å². The van der Waals surface area contributed by atoms with E-state index in [1.807, 2.05) is 32.9 Å². The minimum Gasteiger partial charge on any atom is -0.444 e. The van der Waals surface area contributed by atoms with Crippen LogP contribution in [0.3, 0.4) is 0 Å². The second-order valence-electron chi connectivity index (χ2n) is 6.14. The van der Waals surface area contributed by atoms with Gasteiger partial charge < -0.3 is 15.0 Å². The van der Waals surface area contributed by atoms with Gasteiger partial charge in [-0.15, -0.1) is 0 Å². The SMILES string of the molecule is Cc1c(Br)cccc1NC1CN(C(=O)OC(C)(C)C)C1. The average Bonchev–Trinajstić information content (AvgIpc) is 2.25. The van der Waals surface area contributed by atoms with Crippen LogP contribution < -0.4 is 5.32 Å². The Morgan fingerprint density at radius 1 is 1.40 bits per heavy atom. The van der Waals surface area contributed by atoms with Crippen molar-refractivity contribution in [3.8, 4) is 0 Å². The molecule has 0 saturated carbocycles. The summed E-state index contributed by atoms with van der Waals surface area (Å²) in [5.41, 5.74) is 1.85. The van der Waals surface area contributed by atoms with E-state index in [0.29, 0.717) is 13.1 Å². The van der Waals surface area contributed by atoms with Crippen molar-refractivity contribution in [1.82, 2.24) is 4.90 Å². The largest absolute Gasteiger partial charge is 0.444 e. The summed E-state index contributed by atoms with van der Waals surface area (Å²) >= 11 is 3.52. The Hall–Kier alpha value is -1.23. The smallest absolute Gasteiger partial charge is 0.410 e. The monoisotopic (exact) mass is 340 g/mol. The molecule has 1 N–H and O–H groups in total. The zero-order valence-corrected chi connectivity index (χ0v) is 14.0. The van der Waals surface area contributed by atoms with E-state index < -0.39 is 5.60 Å². The van der Waals surface area contributed by atoms with E-state index in [4.69, 9.17) is 4.74 Å². The minimum atomic E-state index is -0.434. The molecule has 0 aliphatic carbocycles. The Kier molecular flexibility index (Phi) is 4.28. The number of ether oxygens (including phenoxy) is 1. The molecule has 0 aromatic heterocycles. The third-order valence-electron chi connectivity index (χ3n) is 3.16. The van der Waals surface area contributed by atoms with E-state index in [0.717, 1.165) is 10.2 Å². The Bertz CT molecular complexity index is 505. The maximum Gasteiger partial charge on any atom is 0.410 e. The van der Waals surface area contributed by atoms with Crippen LogP contribution >= 0.6 is 15.9 Å². The van der Waals surface area contributed by atoms with Gasteiger partial charge in [0, 0.05) is 23.2 Å². The van der Waals surface area contributed by atoms with Gasteiger partial charge in [0.25, 0.3) is 0 Å². The predicted molar refractivity (Wildman–Crippen MR) is 84.1 cm³/mol. The molecule has 0 radical (unpaired) electrons. The molecule has 1 aliphatic rings. The molecule has 0 bridgehead atoms. The molecule has 1 fully saturated rings. The predicted octanol–water partition coefficient (Wildman–Crippen LogP) is 3.79. The van der Waals surface area contributed by atoms with Crippen LogP contribution in [0.1, 0.15) is 26.3 Å². The van der Waals surface area contributed by atoms with Crippen LogP contribution in [0, 0.1) is 6.92 Å². The summed E-state index contributed by atoms with van der Waals surface area (Å²) in [6.45, 7) is 9.07. The van der Waals surface area contributed by atoms with Crippen LogP contribution in [0.2, 0.25) is 0 Å². The van der Waals surface area contributed by atoms with E-state index in [1.165, 1.54) is 5.56 Å². The first-order chi connectivity index (χ1) is 9.26. The molecule has 1 aromatic rings. The Morgan fingerprint density at radius 3 is 2.65 bits per heavy atom. The summed E-state index contributed by atoms with van der Waals surface area (Å²) in [5.74, 6) is 0. The highest BCUT2D eigenvalue weighted by Gasteiger charge is 2.33. The molecule has 2 rings (SSSR count). The number of nitrogens with zero attached hydrogens (tertiary/aromatic N) is 1. The molecule has 1 aromatic carbocycles. The number of hydrogen-bond acceptors (Lipinski definition) is 3. The number of nitrogens with one attached hydrogen (secondary N) is 1. The Morgan fingerprint density at radius 2 is 2.05 bits per heavy atom. The van der Waals surface area contributed by atoms with Crippen LogP contribution in [0.4, 0.5) is 10.5 Å². The van der Waals surface area contributed by atoms with Crippen molar-refractivity contribution in [2.24, 2.45) is 0 Å². The molecule has 1 aliphatic heterocycles. The zero-order valence-electron chi connectivity index (χ0n) is 12.4. The van der Waals surface area contributed by atoms with E-state index in [1.54, 1.807) is 4.90 Å². The third kappa shape index (κ3) is 3.66. The average molecular weight is 341 g/mol. The number of halogens is 1. The van der Waals surface area contributed by atoms with Crippen LogP contribution in [-0.4, -0.2) is 35.7 Å². The summed E-state index contributed by atoms with van der Waals surface area (Å²) in [4.78, 5) is 13.5. The first-order valence-corrected chi connectivity index (χ1v) is 7.55. The number of rotatable bonds is 2. The van der Waals surface area contributed by atoms with Gasteiger partial charge in [-0.2, -0.15) is 0 Å². The van der Waals surface area contributed by atoms with Crippen molar-refractivity contribution in [3.63, 3.8) is 0 Å². The molecular weight excluding hydrogens is 320 g/mol. The standard InChI is InChI=1S/C15H21BrN2O2/c1-10-12(16)6-5-7-13(10)17-11-8-18(9-11)14(19)20-15(2,3)4/h5-7,11,17H,8-9H2,1-4H3. The number of benzene rings is 1. The summed E-state index contributed by atoms with van der Waals surface area (Å²) in [6, 6.07) is 6.37. The topological polar surface area (TPSA) is 41.6 Å². The number of carbonyl (C=O) groups is 1. The van der Waals surface area contributed by atoms with Gasteiger partial charge in [0.1, 0.15) is 5.60 Å². The van der Waals surface area contributed by atoms with Crippen LogP contribution in [-0.2, 0) is 4.74 Å². The molecule has 0 spiro atoms. The molecule has 1 amide bonds. The second-order valence-corrected chi connectivity index (χ2v) is 6.99. The van der Waals surface area contributed by atoms with E-state index in [-0.39, 0.29) is 12.1 Å². The molecule has 1 heterocycles. The highest BCUT2D eigenvalue weighted by molar-refractivity contribution is 9.10. The van der Waals surface area contributed by atoms with Gasteiger partial charge in [-0.05, 0) is 45.4 Å². The van der Waals surface area contributed by atoms with Gasteiger partial charge in [-0.1, -0.05) is 22.0 Å². The summed E-state index contributed by atoms with van der Waals surface area (Å²) < 4.78 is 6.42. The van der Waals surface area contributed by atoms with Crippen molar-refractivity contribution in [2.75, 3.05) is 18.4 Å². The number of amides is 1. The number of hydrogen-bond donors (Lipinski definition) is 1. The van der Waals surface area contributed by atoms with Gasteiger partial charge in [0.2, 0.25) is 0 Å². The van der Waals surface area contributed by atoms with Crippen molar-refractivity contribution in [1.29, 1.82) is 0 Å². The quantitative estimate of drug-likeness (QED) is 0.890. The molecule has 5 heteroatoms. The fraction of sp³-hybridized carbons (Fsp3) is 0.533. The fourth-order valence-electron chi connectivity index (χ4n) is 2.03. The van der Waals surface area contributed by atoms with Gasteiger partial charge in [-0.25, -0.2) is 4.79 Å². The van der Waals surface area contributed by atoms with Gasteiger partial charge >= 0.3 is 6.09 Å². The first-order valence-electron chi connectivity index (χ1n) is 6.76. The first kappa shape index (κ1) is 15.2. The van der Waals surface area contributed by atoms with Crippen molar-refractivity contribution in [2.45, 2.75) is 39.3 Å². The maximum absolute atomic E-state index is 11.8. The normalized spacial score (nSPS) is 15.8. The fourth-order valence-corrected chi connectivity index (χ4v) is 2.40. The lowest BCUT2D eigenvalue weighted by atomic mass is 10.1. The van der Waals surface area contributed by atoms with E-state index in [2.05, 4.69) is 34.2 Å².